The normalized spacial score (nSPS) is 10.4. The fourth-order valence-corrected chi connectivity index (χ4v) is 3.17. The van der Waals surface area contributed by atoms with Gasteiger partial charge in [-0.3, -0.25) is 4.79 Å². The van der Waals surface area contributed by atoms with Crippen LogP contribution in [0.5, 0.6) is 11.5 Å². The molecule has 0 aromatic heterocycles. The molecule has 28 heavy (non-hydrogen) atoms. The Morgan fingerprint density at radius 2 is 1.79 bits per heavy atom. The van der Waals surface area contributed by atoms with E-state index in [0.717, 1.165) is 27.6 Å². The van der Waals surface area contributed by atoms with Crippen molar-refractivity contribution in [2.24, 2.45) is 0 Å². The van der Waals surface area contributed by atoms with E-state index in [1.807, 2.05) is 79.9 Å². The number of ether oxygens (including phenoxy) is 2. The molecule has 0 atom stereocenters. The van der Waals surface area contributed by atoms with Crippen LogP contribution in [0.2, 0.25) is 0 Å². The van der Waals surface area contributed by atoms with E-state index < -0.39 is 0 Å². The molecule has 0 aliphatic carbocycles. The van der Waals surface area contributed by atoms with Crippen molar-refractivity contribution in [2.75, 3.05) is 18.2 Å². The Labute approximate surface area is 169 Å². The summed E-state index contributed by atoms with van der Waals surface area (Å²) in [6.45, 7) is 2.80. The zero-order chi connectivity index (χ0) is 19.8. The van der Waals surface area contributed by atoms with Crippen molar-refractivity contribution in [1.82, 2.24) is 0 Å². The zero-order valence-corrected chi connectivity index (χ0v) is 16.8. The lowest BCUT2D eigenvalue weighted by Crippen LogP contribution is -2.13. The van der Waals surface area contributed by atoms with Crippen molar-refractivity contribution < 1.29 is 14.3 Å². The average molecular weight is 394 g/mol. The van der Waals surface area contributed by atoms with E-state index >= 15 is 0 Å². The third kappa shape index (κ3) is 5.30. The van der Waals surface area contributed by atoms with Crippen LogP contribution in [0, 0.1) is 0 Å². The SMILES string of the molecule is CCOc1ccc(C(=O)Nc2cccc(SC)c2)cc1COc1ccccc1. The van der Waals surface area contributed by atoms with Gasteiger partial charge in [0, 0.05) is 21.7 Å². The van der Waals surface area contributed by atoms with Gasteiger partial charge in [0.05, 0.1) is 6.61 Å². The molecule has 5 heteroatoms. The number of carbonyl (C=O) groups excluding carboxylic acids is 1. The summed E-state index contributed by atoms with van der Waals surface area (Å²) < 4.78 is 11.5. The van der Waals surface area contributed by atoms with E-state index in [1.54, 1.807) is 17.8 Å². The Balaban J connectivity index is 1.77. The largest absolute Gasteiger partial charge is 0.493 e. The Kier molecular flexibility index (Phi) is 6.98. The third-order valence-corrected chi connectivity index (χ3v) is 4.81. The van der Waals surface area contributed by atoms with Crippen molar-refractivity contribution in [3.8, 4) is 11.5 Å². The summed E-state index contributed by atoms with van der Waals surface area (Å²) in [5.41, 5.74) is 2.16. The lowest BCUT2D eigenvalue weighted by molar-refractivity contribution is 0.102. The zero-order valence-electron chi connectivity index (χ0n) is 16.0. The minimum absolute atomic E-state index is 0.165. The standard InChI is InChI=1S/C23H23NO3S/c1-3-26-22-13-12-17(14-18(22)16-27-20-9-5-4-6-10-20)23(25)24-19-8-7-11-21(15-19)28-2/h4-15H,3,16H2,1-2H3,(H,24,25). The molecule has 0 bridgehead atoms. The molecule has 4 nitrogen and oxygen atoms in total. The molecule has 0 aliphatic heterocycles. The summed E-state index contributed by atoms with van der Waals surface area (Å²) in [6.07, 6.45) is 2.01. The Bertz CT molecular complexity index is 928. The van der Waals surface area contributed by atoms with E-state index in [1.165, 1.54) is 0 Å². The monoisotopic (exact) mass is 393 g/mol. The highest BCUT2D eigenvalue weighted by Crippen LogP contribution is 2.24. The summed E-state index contributed by atoms with van der Waals surface area (Å²) in [7, 11) is 0. The van der Waals surface area contributed by atoms with Gasteiger partial charge in [0.25, 0.3) is 5.91 Å². The van der Waals surface area contributed by atoms with Gasteiger partial charge in [0.2, 0.25) is 0 Å². The maximum Gasteiger partial charge on any atom is 0.255 e. The molecule has 0 heterocycles. The second kappa shape index (κ2) is 9.85. The van der Waals surface area contributed by atoms with Crippen molar-refractivity contribution in [3.05, 3.63) is 83.9 Å². The lowest BCUT2D eigenvalue weighted by atomic mass is 10.1. The number of anilines is 1. The number of amides is 1. The number of hydrogen-bond acceptors (Lipinski definition) is 4. The summed E-state index contributed by atoms with van der Waals surface area (Å²) in [6, 6.07) is 22.8. The molecular weight excluding hydrogens is 370 g/mol. The van der Waals surface area contributed by atoms with E-state index in [4.69, 9.17) is 9.47 Å². The van der Waals surface area contributed by atoms with E-state index in [-0.39, 0.29) is 5.91 Å². The number of para-hydroxylation sites is 1. The molecule has 0 spiro atoms. The molecular formula is C23H23NO3S. The van der Waals surface area contributed by atoms with Crippen LogP contribution in [0.3, 0.4) is 0 Å². The van der Waals surface area contributed by atoms with Gasteiger partial charge in [-0.1, -0.05) is 24.3 Å². The first kappa shape index (κ1) is 19.8. The van der Waals surface area contributed by atoms with Crippen molar-refractivity contribution in [2.45, 2.75) is 18.4 Å². The van der Waals surface area contributed by atoms with Crippen LogP contribution < -0.4 is 14.8 Å². The van der Waals surface area contributed by atoms with Crippen LogP contribution in [-0.2, 0) is 6.61 Å². The first-order chi connectivity index (χ1) is 13.7. The highest BCUT2D eigenvalue weighted by molar-refractivity contribution is 7.98. The molecule has 144 valence electrons. The molecule has 3 rings (SSSR count). The predicted molar refractivity (Wildman–Crippen MR) is 115 cm³/mol. The van der Waals surface area contributed by atoms with Crippen LogP contribution in [-0.4, -0.2) is 18.8 Å². The van der Waals surface area contributed by atoms with Gasteiger partial charge >= 0.3 is 0 Å². The quantitative estimate of drug-likeness (QED) is 0.503. The maximum absolute atomic E-state index is 12.7. The van der Waals surface area contributed by atoms with Crippen LogP contribution in [0.4, 0.5) is 5.69 Å². The van der Waals surface area contributed by atoms with E-state index in [9.17, 15) is 4.79 Å². The molecule has 3 aromatic rings. The minimum atomic E-state index is -0.165. The number of nitrogens with one attached hydrogen (secondary N) is 1. The first-order valence-corrected chi connectivity index (χ1v) is 10.3. The van der Waals surface area contributed by atoms with Crippen molar-refractivity contribution in [1.29, 1.82) is 0 Å². The van der Waals surface area contributed by atoms with Gasteiger partial charge in [-0.25, -0.2) is 0 Å². The van der Waals surface area contributed by atoms with E-state index in [2.05, 4.69) is 5.32 Å². The number of thioether (sulfide) groups is 1. The highest BCUT2D eigenvalue weighted by Gasteiger charge is 2.12. The number of hydrogen-bond donors (Lipinski definition) is 1. The molecule has 0 aliphatic rings. The van der Waals surface area contributed by atoms with Crippen LogP contribution in [0.15, 0.2) is 77.7 Å². The molecule has 0 saturated carbocycles. The van der Waals surface area contributed by atoms with Crippen molar-refractivity contribution >= 4 is 23.4 Å². The number of carbonyl (C=O) groups is 1. The summed E-state index contributed by atoms with van der Waals surface area (Å²) in [5.74, 6) is 1.33. The second-order valence-electron chi connectivity index (χ2n) is 6.04. The molecule has 0 unspecified atom stereocenters. The molecule has 3 aromatic carbocycles. The molecule has 0 saturated heterocycles. The van der Waals surface area contributed by atoms with Crippen LogP contribution in [0.1, 0.15) is 22.8 Å². The molecule has 1 N–H and O–H groups in total. The Morgan fingerprint density at radius 3 is 2.54 bits per heavy atom. The fourth-order valence-electron chi connectivity index (χ4n) is 2.71. The minimum Gasteiger partial charge on any atom is -0.493 e. The first-order valence-electron chi connectivity index (χ1n) is 9.08. The van der Waals surface area contributed by atoms with Crippen LogP contribution in [0.25, 0.3) is 0 Å². The average Bonchev–Trinajstić information content (AvgIpc) is 2.74. The Hall–Kier alpha value is -2.92. The number of rotatable bonds is 8. The van der Waals surface area contributed by atoms with Gasteiger partial charge in [0.1, 0.15) is 18.1 Å². The van der Waals surface area contributed by atoms with Gasteiger partial charge in [-0.05, 0) is 61.7 Å². The van der Waals surface area contributed by atoms with Gasteiger partial charge in [-0.2, -0.15) is 0 Å². The smallest absolute Gasteiger partial charge is 0.255 e. The highest BCUT2D eigenvalue weighted by atomic mass is 32.2. The van der Waals surface area contributed by atoms with Gasteiger partial charge < -0.3 is 14.8 Å². The summed E-state index contributed by atoms with van der Waals surface area (Å²) in [5, 5.41) is 2.95. The number of benzene rings is 3. The molecule has 0 fully saturated rings. The van der Waals surface area contributed by atoms with Crippen LogP contribution >= 0.6 is 11.8 Å². The third-order valence-electron chi connectivity index (χ3n) is 4.09. The predicted octanol–water partition coefficient (Wildman–Crippen LogP) is 5.64. The molecule has 1 amide bonds. The van der Waals surface area contributed by atoms with Gasteiger partial charge in [0.15, 0.2) is 0 Å². The lowest BCUT2D eigenvalue weighted by Gasteiger charge is -2.13. The Morgan fingerprint density at radius 1 is 0.964 bits per heavy atom. The summed E-state index contributed by atoms with van der Waals surface area (Å²) in [4.78, 5) is 13.8. The second-order valence-corrected chi connectivity index (χ2v) is 6.92. The van der Waals surface area contributed by atoms with Gasteiger partial charge in [-0.15, -0.1) is 11.8 Å². The molecule has 0 radical (unpaired) electrons. The van der Waals surface area contributed by atoms with E-state index in [0.29, 0.717) is 18.8 Å². The fraction of sp³-hybridized carbons (Fsp3) is 0.174. The van der Waals surface area contributed by atoms with Crippen molar-refractivity contribution in [3.63, 3.8) is 0 Å². The topological polar surface area (TPSA) is 47.6 Å². The summed E-state index contributed by atoms with van der Waals surface area (Å²) >= 11 is 1.64. The maximum atomic E-state index is 12.7.